The third-order valence-corrected chi connectivity index (χ3v) is 4.01. The number of halogens is 2. The number of nitrogens with one attached hydrogen (secondary N) is 2. The highest BCUT2D eigenvalue weighted by Gasteiger charge is 2.13. The first kappa shape index (κ1) is 15.4. The zero-order valence-electron chi connectivity index (χ0n) is 12.2. The highest BCUT2D eigenvalue weighted by Crippen LogP contribution is 2.22. The maximum Gasteiger partial charge on any atom is 0.273 e. The summed E-state index contributed by atoms with van der Waals surface area (Å²) in [5, 5.41) is 9.53. The number of hydrogen-bond acceptors (Lipinski definition) is 2. The predicted octanol–water partition coefficient (Wildman–Crippen LogP) is 4.54. The SMILES string of the molecule is Cc1c(F)cccc1NC(=O)c1cc(-c2ccc(Br)cc2)n[nH]1. The molecule has 116 valence electrons. The van der Waals surface area contributed by atoms with Crippen molar-refractivity contribution in [1.29, 1.82) is 0 Å². The maximum atomic E-state index is 13.5. The molecule has 0 aliphatic rings. The summed E-state index contributed by atoms with van der Waals surface area (Å²) in [7, 11) is 0. The van der Waals surface area contributed by atoms with Crippen molar-refractivity contribution in [2.24, 2.45) is 0 Å². The van der Waals surface area contributed by atoms with E-state index in [4.69, 9.17) is 0 Å². The van der Waals surface area contributed by atoms with Crippen LogP contribution < -0.4 is 5.32 Å². The van der Waals surface area contributed by atoms with Crippen LogP contribution >= 0.6 is 15.9 Å². The van der Waals surface area contributed by atoms with E-state index in [0.29, 0.717) is 22.6 Å². The van der Waals surface area contributed by atoms with Crippen molar-refractivity contribution < 1.29 is 9.18 Å². The lowest BCUT2D eigenvalue weighted by Crippen LogP contribution is -2.13. The van der Waals surface area contributed by atoms with Gasteiger partial charge in [0.2, 0.25) is 0 Å². The number of H-pyrrole nitrogens is 1. The Balaban J connectivity index is 1.81. The monoisotopic (exact) mass is 373 g/mol. The van der Waals surface area contributed by atoms with Crippen LogP contribution in [0.15, 0.2) is 53.0 Å². The third-order valence-electron chi connectivity index (χ3n) is 3.48. The van der Waals surface area contributed by atoms with Crippen LogP contribution in [0, 0.1) is 12.7 Å². The molecule has 1 heterocycles. The lowest BCUT2D eigenvalue weighted by Gasteiger charge is -2.07. The minimum absolute atomic E-state index is 0.312. The molecular formula is C17H13BrFN3O. The number of carbonyl (C=O) groups is 1. The van der Waals surface area contributed by atoms with Crippen molar-refractivity contribution in [2.75, 3.05) is 5.32 Å². The van der Waals surface area contributed by atoms with Crippen LogP contribution in [0.25, 0.3) is 11.3 Å². The van der Waals surface area contributed by atoms with Crippen LogP contribution in [0.1, 0.15) is 16.1 Å². The van der Waals surface area contributed by atoms with Crippen molar-refractivity contribution in [3.05, 3.63) is 70.1 Å². The van der Waals surface area contributed by atoms with Gasteiger partial charge in [0, 0.05) is 21.3 Å². The summed E-state index contributed by atoms with van der Waals surface area (Å²) in [6.07, 6.45) is 0. The molecule has 6 heteroatoms. The quantitative estimate of drug-likeness (QED) is 0.707. The topological polar surface area (TPSA) is 57.8 Å². The van der Waals surface area contributed by atoms with Gasteiger partial charge in [-0.2, -0.15) is 5.10 Å². The Morgan fingerprint density at radius 1 is 1.22 bits per heavy atom. The van der Waals surface area contributed by atoms with Gasteiger partial charge < -0.3 is 5.32 Å². The van der Waals surface area contributed by atoms with Crippen molar-refractivity contribution in [2.45, 2.75) is 6.92 Å². The van der Waals surface area contributed by atoms with E-state index in [9.17, 15) is 9.18 Å². The molecule has 2 aromatic carbocycles. The molecule has 0 atom stereocenters. The van der Waals surface area contributed by atoms with Gasteiger partial charge in [0.1, 0.15) is 11.5 Å². The van der Waals surface area contributed by atoms with Crippen molar-refractivity contribution in [3.8, 4) is 11.3 Å². The number of rotatable bonds is 3. The van der Waals surface area contributed by atoms with Crippen molar-refractivity contribution in [3.63, 3.8) is 0 Å². The van der Waals surface area contributed by atoms with Gasteiger partial charge in [-0.3, -0.25) is 9.89 Å². The zero-order chi connectivity index (χ0) is 16.4. The van der Waals surface area contributed by atoms with Crippen LogP contribution in [0.4, 0.5) is 10.1 Å². The normalized spacial score (nSPS) is 10.6. The predicted molar refractivity (Wildman–Crippen MR) is 90.8 cm³/mol. The summed E-state index contributed by atoms with van der Waals surface area (Å²) in [5.74, 6) is -0.725. The number of anilines is 1. The maximum absolute atomic E-state index is 13.5. The summed E-state index contributed by atoms with van der Waals surface area (Å²) in [6, 6.07) is 13.8. The third kappa shape index (κ3) is 3.32. The number of benzene rings is 2. The smallest absolute Gasteiger partial charge is 0.273 e. The van der Waals surface area contributed by atoms with Crippen molar-refractivity contribution in [1.82, 2.24) is 10.2 Å². The zero-order valence-corrected chi connectivity index (χ0v) is 13.8. The number of aromatic amines is 1. The molecule has 0 fully saturated rings. The molecule has 0 bridgehead atoms. The number of carbonyl (C=O) groups excluding carboxylic acids is 1. The second-order valence-electron chi connectivity index (χ2n) is 5.04. The molecule has 3 rings (SSSR count). The fourth-order valence-corrected chi connectivity index (χ4v) is 2.40. The first-order valence-electron chi connectivity index (χ1n) is 6.92. The number of hydrogen-bond donors (Lipinski definition) is 2. The van der Waals surface area contributed by atoms with E-state index in [0.717, 1.165) is 10.0 Å². The van der Waals surface area contributed by atoms with Crippen molar-refractivity contribution >= 4 is 27.5 Å². The molecule has 0 aliphatic heterocycles. The highest BCUT2D eigenvalue weighted by molar-refractivity contribution is 9.10. The molecule has 1 aromatic heterocycles. The minimum atomic E-state index is -0.366. The molecule has 1 amide bonds. The van der Waals surface area contributed by atoms with Gasteiger partial charge in [0.05, 0.1) is 5.69 Å². The number of amides is 1. The molecule has 0 spiro atoms. The molecular weight excluding hydrogens is 361 g/mol. The van der Waals surface area contributed by atoms with E-state index in [1.165, 1.54) is 6.07 Å². The first-order valence-corrected chi connectivity index (χ1v) is 7.72. The summed E-state index contributed by atoms with van der Waals surface area (Å²) in [4.78, 5) is 12.3. The number of nitrogens with zero attached hydrogens (tertiary/aromatic N) is 1. The van der Waals surface area contributed by atoms with E-state index in [1.807, 2.05) is 24.3 Å². The molecule has 2 N–H and O–H groups in total. The van der Waals surface area contributed by atoms with Gasteiger partial charge in [-0.25, -0.2) is 4.39 Å². The molecule has 0 saturated heterocycles. The Bertz CT molecular complexity index is 859. The average molecular weight is 374 g/mol. The average Bonchev–Trinajstić information content (AvgIpc) is 3.02. The number of aromatic nitrogens is 2. The van der Waals surface area contributed by atoms with E-state index in [-0.39, 0.29) is 11.7 Å². The molecule has 0 aliphatic carbocycles. The lowest BCUT2D eigenvalue weighted by molar-refractivity contribution is 0.102. The summed E-state index contributed by atoms with van der Waals surface area (Å²) in [5.41, 5.74) is 2.71. The molecule has 4 nitrogen and oxygen atoms in total. The summed E-state index contributed by atoms with van der Waals surface area (Å²) in [6.45, 7) is 1.62. The second kappa shape index (κ2) is 6.34. The van der Waals surface area contributed by atoms with Gasteiger partial charge in [-0.05, 0) is 37.3 Å². The Morgan fingerprint density at radius 2 is 1.96 bits per heavy atom. The van der Waals surface area contributed by atoms with Crippen LogP contribution in [-0.4, -0.2) is 16.1 Å². The largest absolute Gasteiger partial charge is 0.320 e. The molecule has 0 saturated carbocycles. The molecule has 0 unspecified atom stereocenters. The van der Waals surface area contributed by atoms with E-state index in [1.54, 1.807) is 25.1 Å². The molecule has 3 aromatic rings. The highest BCUT2D eigenvalue weighted by atomic mass is 79.9. The van der Waals surface area contributed by atoms with Gasteiger partial charge in [0.15, 0.2) is 0 Å². The second-order valence-corrected chi connectivity index (χ2v) is 5.96. The van der Waals surface area contributed by atoms with E-state index < -0.39 is 0 Å². The Labute approximate surface area is 140 Å². The van der Waals surface area contributed by atoms with Crippen LogP contribution in [0.5, 0.6) is 0 Å². The fourth-order valence-electron chi connectivity index (χ4n) is 2.14. The molecule has 23 heavy (non-hydrogen) atoms. The standard InChI is InChI=1S/C17H13BrFN3O/c1-10-13(19)3-2-4-14(10)20-17(23)16-9-15(21-22-16)11-5-7-12(18)8-6-11/h2-9H,1H3,(H,20,23)(H,21,22). The van der Waals surface area contributed by atoms with Gasteiger partial charge in [-0.15, -0.1) is 0 Å². The lowest BCUT2D eigenvalue weighted by atomic mass is 10.1. The Hall–Kier alpha value is -2.47. The van der Waals surface area contributed by atoms with Gasteiger partial charge >= 0.3 is 0 Å². The fraction of sp³-hybridized carbons (Fsp3) is 0.0588. The van der Waals surface area contributed by atoms with Crippen LogP contribution in [-0.2, 0) is 0 Å². The first-order chi connectivity index (χ1) is 11.0. The van der Waals surface area contributed by atoms with Crippen LogP contribution in [0.3, 0.4) is 0 Å². The molecule has 0 radical (unpaired) electrons. The summed E-state index contributed by atoms with van der Waals surface area (Å²) < 4.78 is 14.5. The Kier molecular flexibility index (Phi) is 4.25. The van der Waals surface area contributed by atoms with Gasteiger partial charge in [-0.1, -0.05) is 34.1 Å². The minimum Gasteiger partial charge on any atom is -0.320 e. The van der Waals surface area contributed by atoms with Crippen LogP contribution in [0.2, 0.25) is 0 Å². The van der Waals surface area contributed by atoms with E-state index in [2.05, 4.69) is 31.4 Å². The summed E-state index contributed by atoms with van der Waals surface area (Å²) >= 11 is 3.37. The van der Waals surface area contributed by atoms with E-state index >= 15 is 0 Å². The Morgan fingerprint density at radius 3 is 2.70 bits per heavy atom. The van der Waals surface area contributed by atoms with Gasteiger partial charge in [0.25, 0.3) is 5.91 Å².